The Morgan fingerprint density at radius 2 is 1.63 bits per heavy atom. The summed E-state index contributed by atoms with van der Waals surface area (Å²) in [6.07, 6.45) is 0. The number of benzene rings is 3. The van der Waals surface area contributed by atoms with Crippen LogP contribution >= 0.6 is 11.3 Å². The van der Waals surface area contributed by atoms with E-state index in [0.717, 1.165) is 15.6 Å². The zero-order valence-corrected chi connectivity index (χ0v) is 20.7. The van der Waals surface area contributed by atoms with E-state index in [2.05, 4.69) is 36.6 Å². The van der Waals surface area contributed by atoms with Crippen molar-refractivity contribution >= 4 is 55.2 Å². The smallest absolute Gasteiger partial charge is 0.328 e. The van der Waals surface area contributed by atoms with Crippen molar-refractivity contribution in [3.63, 3.8) is 0 Å². The molecule has 0 saturated heterocycles. The molecule has 6 rings (SSSR count). The summed E-state index contributed by atoms with van der Waals surface area (Å²) in [6.45, 7) is 0. The lowest BCUT2D eigenvalue weighted by atomic mass is 10.2. The molecule has 3 heterocycles. The van der Waals surface area contributed by atoms with Gasteiger partial charge in [-0.2, -0.15) is 20.2 Å². The number of nitrogens with one attached hydrogen (secondary N) is 2. The van der Waals surface area contributed by atoms with Gasteiger partial charge < -0.3 is 14.6 Å². The first-order valence-electron chi connectivity index (χ1n) is 11.5. The predicted octanol–water partition coefficient (Wildman–Crippen LogP) is 5.48. The second-order valence-corrected chi connectivity index (χ2v) is 9.25. The highest BCUT2D eigenvalue weighted by molar-refractivity contribution is 7.22. The average molecular weight is 519 g/mol. The molecule has 38 heavy (non-hydrogen) atoms. The number of hydrogen-bond acceptors (Lipinski definition) is 10. The summed E-state index contributed by atoms with van der Waals surface area (Å²) in [6, 6.07) is 25.6. The molecule has 6 aromatic rings. The molecule has 0 saturated carbocycles. The van der Waals surface area contributed by atoms with E-state index in [1.165, 1.54) is 17.4 Å². The van der Waals surface area contributed by atoms with Gasteiger partial charge in [-0.1, -0.05) is 35.6 Å². The van der Waals surface area contributed by atoms with Crippen molar-refractivity contribution in [2.75, 3.05) is 10.6 Å². The lowest BCUT2D eigenvalue weighted by Crippen LogP contribution is -2.16. The number of thiazole rings is 1. The fourth-order valence-electron chi connectivity index (χ4n) is 3.86. The molecule has 0 atom stereocenters. The second kappa shape index (κ2) is 9.61. The monoisotopic (exact) mass is 518 g/mol. The van der Waals surface area contributed by atoms with Crippen molar-refractivity contribution in [1.29, 1.82) is 5.26 Å². The summed E-state index contributed by atoms with van der Waals surface area (Å²) in [5.41, 5.74) is 2.55. The zero-order chi connectivity index (χ0) is 26.1. The molecular formula is C27H18N8O2S. The number of pyridine rings is 1. The van der Waals surface area contributed by atoms with Crippen LogP contribution in [0.15, 0.2) is 83.7 Å². The molecular weight excluding hydrogens is 500 g/mol. The molecule has 2 N–H and O–H groups in total. The van der Waals surface area contributed by atoms with Gasteiger partial charge >= 0.3 is 6.01 Å². The topological polar surface area (TPSA) is 131 Å². The number of nitriles is 1. The minimum Gasteiger partial charge on any atom is -0.423 e. The van der Waals surface area contributed by atoms with Gasteiger partial charge in [-0.15, -0.1) is 0 Å². The van der Waals surface area contributed by atoms with Crippen LogP contribution in [0.1, 0.15) is 5.56 Å². The van der Waals surface area contributed by atoms with Gasteiger partial charge in [-0.25, -0.2) is 4.98 Å². The van der Waals surface area contributed by atoms with Crippen LogP contribution in [0.4, 0.5) is 22.7 Å². The summed E-state index contributed by atoms with van der Waals surface area (Å²) >= 11 is 1.46. The Labute approximate surface area is 219 Å². The SMILES string of the molecule is Cn1c(=O)cc(Oc2nc(Nc3ccc(C#N)cc3)nc(Nc3nc4ccccc4s3)n2)c2ccccc21. The molecule has 3 aromatic carbocycles. The first kappa shape index (κ1) is 23.1. The van der Waals surface area contributed by atoms with E-state index >= 15 is 0 Å². The van der Waals surface area contributed by atoms with Crippen LogP contribution in [-0.2, 0) is 7.05 Å². The Morgan fingerprint density at radius 3 is 2.42 bits per heavy atom. The number of rotatable bonds is 6. The van der Waals surface area contributed by atoms with Gasteiger partial charge in [-0.3, -0.25) is 10.1 Å². The molecule has 0 amide bonds. The second-order valence-electron chi connectivity index (χ2n) is 8.22. The van der Waals surface area contributed by atoms with Crippen LogP contribution in [0.3, 0.4) is 0 Å². The fourth-order valence-corrected chi connectivity index (χ4v) is 4.71. The quantitative estimate of drug-likeness (QED) is 0.294. The molecule has 3 aromatic heterocycles. The molecule has 11 heteroatoms. The van der Waals surface area contributed by atoms with Crippen molar-refractivity contribution in [1.82, 2.24) is 24.5 Å². The Balaban J connectivity index is 1.40. The van der Waals surface area contributed by atoms with E-state index in [1.807, 2.05) is 48.5 Å². The Bertz CT molecular complexity index is 1870. The maximum atomic E-state index is 12.6. The molecule has 0 spiro atoms. The standard InChI is InChI=1S/C27H18N8O2S/c1-35-20-8-4-2-6-18(20)21(14-23(35)36)37-26-32-24(29-17-12-10-16(15-28)11-13-17)31-25(33-26)34-27-30-19-7-3-5-9-22(19)38-27/h2-14H,1H3,(H2,29,30,31,32,33,34). The maximum absolute atomic E-state index is 12.6. The number of hydrogen-bond donors (Lipinski definition) is 2. The van der Waals surface area contributed by atoms with Gasteiger partial charge in [0.2, 0.25) is 11.9 Å². The lowest BCUT2D eigenvalue weighted by Gasteiger charge is -2.12. The minimum absolute atomic E-state index is 0.0156. The third-order valence-corrected chi connectivity index (χ3v) is 6.67. The Kier molecular flexibility index (Phi) is 5.84. The molecule has 0 aliphatic carbocycles. The van der Waals surface area contributed by atoms with E-state index in [9.17, 15) is 4.79 Å². The molecule has 0 radical (unpaired) electrons. The number of aromatic nitrogens is 5. The molecule has 0 unspecified atom stereocenters. The van der Waals surface area contributed by atoms with E-state index in [1.54, 1.807) is 35.9 Å². The average Bonchev–Trinajstić information content (AvgIpc) is 3.34. The van der Waals surface area contributed by atoms with Crippen LogP contribution < -0.4 is 20.9 Å². The summed E-state index contributed by atoms with van der Waals surface area (Å²) in [5.74, 6) is 0.736. The van der Waals surface area contributed by atoms with E-state index in [0.29, 0.717) is 27.6 Å². The van der Waals surface area contributed by atoms with Crippen LogP contribution in [0.25, 0.3) is 21.1 Å². The van der Waals surface area contributed by atoms with Crippen molar-refractivity contribution in [2.45, 2.75) is 0 Å². The fraction of sp³-hybridized carbons (Fsp3) is 0.0370. The molecule has 0 aliphatic heterocycles. The predicted molar refractivity (Wildman–Crippen MR) is 146 cm³/mol. The third-order valence-electron chi connectivity index (χ3n) is 5.71. The van der Waals surface area contributed by atoms with Crippen molar-refractivity contribution in [3.05, 3.63) is 94.8 Å². The first-order chi connectivity index (χ1) is 18.6. The molecule has 0 fully saturated rings. The molecule has 0 bridgehead atoms. The van der Waals surface area contributed by atoms with Gasteiger partial charge in [0.25, 0.3) is 5.56 Å². The van der Waals surface area contributed by atoms with Crippen molar-refractivity contribution in [3.8, 4) is 17.8 Å². The van der Waals surface area contributed by atoms with Gasteiger partial charge in [0, 0.05) is 24.2 Å². The van der Waals surface area contributed by atoms with E-state index in [-0.39, 0.29) is 23.5 Å². The molecule has 184 valence electrons. The zero-order valence-electron chi connectivity index (χ0n) is 19.9. The van der Waals surface area contributed by atoms with Gasteiger partial charge in [0.15, 0.2) is 5.13 Å². The summed E-state index contributed by atoms with van der Waals surface area (Å²) in [5, 5.41) is 16.7. The first-order valence-corrected chi connectivity index (χ1v) is 12.3. The normalized spacial score (nSPS) is 10.8. The van der Waals surface area contributed by atoms with Crippen LogP contribution in [-0.4, -0.2) is 24.5 Å². The van der Waals surface area contributed by atoms with Crippen LogP contribution in [0.5, 0.6) is 11.8 Å². The van der Waals surface area contributed by atoms with Gasteiger partial charge in [-0.05, 0) is 48.5 Å². The summed E-state index contributed by atoms with van der Waals surface area (Å²) < 4.78 is 8.63. The number of nitrogens with zero attached hydrogens (tertiary/aromatic N) is 6. The highest BCUT2D eigenvalue weighted by Crippen LogP contribution is 2.30. The van der Waals surface area contributed by atoms with Crippen LogP contribution in [0.2, 0.25) is 0 Å². The highest BCUT2D eigenvalue weighted by Gasteiger charge is 2.14. The molecule has 0 aliphatic rings. The maximum Gasteiger partial charge on any atom is 0.328 e. The van der Waals surface area contributed by atoms with E-state index in [4.69, 9.17) is 10.00 Å². The molecule has 10 nitrogen and oxygen atoms in total. The number of anilines is 4. The third kappa shape index (κ3) is 4.59. The minimum atomic E-state index is -0.225. The van der Waals surface area contributed by atoms with Crippen molar-refractivity contribution in [2.24, 2.45) is 7.05 Å². The van der Waals surface area contributed by atoms with Crippen molar-refractivity contribution < 1.29 is 4.74 Å². The highest BCUT2D eigenvalue weighted by atomic mass is 32.1. The van der Waals surface area contributed by atoms with E-state index < -0.39 is 0 Å². The number of aryl methyl sites for hydroxylation is 1. The lowest BCUT2D eigenvalue weighted by molar-refractivity contribution is 0.445. The summed E-state index contributed by atoms with van der Waals surface area (Å²) in [7, 11) is 1.71. The number of ether oxygens (including phenoxy) is 1. The number of fused-ring (bicyclic) bond motifs is 2. The largest absolute Gasteiger partial charge is 0.423 e. The van der Waals surface area contributed by atoms with Crippen LogP contribution in [0, 0.1) is 11.3 Å². The Hall–Kier alpha value is -5.34. The van der Waals surface area contributed by atoms with Gasteiger partial charge in [0.1, 0.15) is 5.75 Å². The Morgan fingerprint density at radius 1 is 0.895 bits per heavy atom. The van der Waals surface area contributed by atoms with Gasteiger partial charge in [0.05, 0.1) is 27.4 Å². The summed E-state index contributed by atoms with van der Waals surface area (Å²) in [4.78, 5) is 30.5. The number of para-hydroxylation sites is 2.